The molecule has 0 aliphatic heterocycles. The van der Waals surface area contributed by atoms with Gasteiger partial charge in [-0.05, 0) is 42.8 Å². The van der Waals surface area contributed by atoms with Crippen molar-refractivity contribution in [3.8, 4) is 0 Å². The summed E-state index contributed by atoms with van der Waals surface area (Å²) in [5, 5.41) is 9.84. The van der Waals surface area contributed by atoms with E-state index >= 15 is 0 Å². The van der Waals surface area contributed by atoms with E-state index in [1.54, 1.807) is 17.8 Å². The zero-order valence-corrected chi connectivity index (χ0v) is 13.5. The molecule has 0 aliphatic carbocycles. The van der Waals surface area contributed by atoms with E-state index in [1.807, 2.05) is 18.6 Å². The first kappa shape index (κ1) is 18.7. The van der Waals surface area contributed by atoms with Gasteiger partial charge in [0.05, 0.1) is 21.2 Å². The second-order valence-corrected chi connectivity index (χ2v) is 6.38. The number of hydrogen-bond donors (Lipinski definition) is 1. The summed E-state index contributed by atoms with van der Waals surface area (Å²) in [7, 11) is 0. The van der Waals surface area contributed by atoms with Gasteiger partial charge >= 0.3 is 43.7 Å². The summed E-state index contributed by atoms with van der Waals surface area (Å²) in [4.78, 5) is 25.7. The number of thioether (sulfide) groups is 2. The molecule has 0 spiro atoms. The minimum absolute atomic E-state index is 0. The Morgan fingerprint density at radius 1 is 1.09 bits per heavy atom. The second kappa shape index (κ2) is 7.49. The molecule has 0 bridgehead atoms. The third-order valence-corrected chi connectivity index (χ3v) is 4.86. The van der Waals surface area contributed by atoms with E-state index in [1.165, 1.54) is 30.0 Å². The maximum absolute atomic E-state index is 12.7. The van der Waals surface area contributed by atoms with Crippen LogP contribution in [0, 0.1) is 0 Å². The van der Waals surface area contributed by atoms with Gasteiger partial charge in [-0.2, -0.15) is 0 Å². The van der Waals surface area contributed by atoms with Crippen molar-refractivity contribution in [1.29, 1.82) is 0 Å². The molecule has 0 amide bonds. The van der Waals surface area contributed by atoms with Crippen LogP contribution in [-0.4, -0.2) is 61.3 Å². The normalized spacial score (nSPS) is 10.7. The molecule has 0 atom stereocenters. The van der Waals surface area contributed by atoms with Crippen LogP contribution in [0.5, 0.6) is 0 Å². The van der Waals surface area contributed by atoms with Gasteiger partial charge in [-0.15, -0.1) is 23.5 Å². The summed E-state index contributed by atoms with van der Waals surface area (Å²) < 4.78 is 5.86. The summed E-state index contributed by atoms with van der Waals surface area (Å²) in [6.07, 6.45) is 3.87. The van der Waals surface area contributed by atoms with Crippen LogP contribution in [0.4, 0.5) is 0 Å². The predicted octanol–water partition coefficient (Wildman–Crippen LogP) is 3.17. The van der Waals surface area contributed by atoms with Gasteiger partial charge in [0.2, 0.25) is 5.43 Å². The number of aromatic carboxylic acids is 1. The molecular weight excluding hydrogens is 360 g/mol. The van der Waals surface area contributed by atoms with Gasteiger partial charge in [0.15, 0.2) is 5.58 Å². The van der Waals surface area contributed by atoms with E-state index < -0.39 is 5.97 Å². The molecule has 0 fully saturated rings. The van der Waals surface area contributed by atoms with Gasteiger partial charge in [-0.1, -0.05) is 0 Å². The number of benzene rings is 2. The minimum atomic E-state index is -1.07. The van der Waals surface area contributed by atoms with Crippen LogP contribution in [-0.2, 0) is 0 Å². The fourth-order valence-electron chi connectivity index (χ4n) is 2.30. The Kier molecular flexibility index (Phi) is 6.08. The molecule has 0 aliphatic rings. The number of rotatable bonds is 3. The van der Waals surface area contributed by atoms with Crippen molar-refractivity contribution >= 4 is 89.2 Å². The van der Waals surface area contributed by atoms with Gasteiger partial charge < -0.3 is 9.52 Å². The Bertz CT molecular complexity index is 966. The average Bonchev–Trinajstić information content (AvgIpc) is 2.54. The summed E-state index contributed by atoms with van der Waals surface area (Å²) in [6.45, 7) is 0. The van der Waals surface area contributed by atoms with E-state index in [0.717, 1.165) is 9.79 Å². The standard InChI is InChI=1S/C16H12O4S2.Ca.2H/c1-21-9-6-11-14(17)10-5-8(16(18)19)3-4-12(10)20-15(11)13(7-9)22-2;;;/h3-7H,1-2H3,(H,18,19);;;. The van der Waals surface area contributed by atoms with Crippen LogP contribution in [0.3, 0.4) is 0 Å². The first-order valence-electron chi connectivity index (χ1n) is 6.41. The van der Waals surface area contributed by atoms with Gasteiger partial charge in [0.25, 0.3) is 0 Å². The van der Waals surface area contributed by atoms with Crippen LogP contribution >= 0.6 is 23.5 Å². The SMILES string of the molecule is CSc1cc(SC)c2oc3ccc(C(=O)O)cc3c(=O)c2c1.[CaH2]. The van der Waals surface area contributed by atoms with Crippen LogP contribution < -0.4 is 5.43 Å². The molecule has 23 heavy (non-hydrogen) atoms. The molecule has 0 unspecified atom stereocenters. The number of carboxylic acid groups (broad SMARTS) is 1. The molecule has 1 aromatic heterocycles. The van der Waals surface area contributed by atoms with Crippen molar-refractivity contribution in [2.45, 2.75) is 9.79 Å². The average molecular weight is 374 g/mol. The van der Waals surface area contributed by atoms with E-state index in [9.17, 15) is 9.59 Å². The fourth-order valence-corrected chi connectivity index (χ4v) is 3.43. The molecule has 0 saturated carbocycles. The Balaban J connectivity index is 0.00000192. The van der Waals surface area contributed by atoms with Gasteiger partial charge in [-0.3, -0.25) is 4.79 Å². The number of fused-ring (bicyclic) bond motifs is 2. The van der Waals surface area contributed by atoms with Crippen LogP contribution in [0.25, 0.3) is 21.9 Å². The first-order valence-corrected chi connectivity index (χ1v) is 8.86. The molecule has 7 heteroatoms. The van der Waals surface area contributed by atoms with E-state index in [4.69, 9.17) is 9.52 Å². The first-order chi connectivity index (χ1) is 10.5. The molecule has 2 aromatic carbocycles. The van der Waals surface area contributed by atoms with Crippen molar-refractivity contribution in [2.75, 3.05) is 12.5 Å². The van der Waals surface area contributed by atoms with Gasteiger partial charge in [0.1, 0.15) is 5.58 Å². The quantitative estimate of drug-likeness (QED) is 0.431. The summed E-state index contributed by atoms with van der Waals surface area (Å²) >= 11 is 3.06. The Morgan fingerprint density at radius 2 is 1.83 bits per heavy atom. The predicted molar refractivity (Wildman–Crippen MR) is 99.1 cm³/mol. The topological polar surface area (TPSA) is 67.5 Å². The molecule has 116 valence electrons. The number of carbonyl (C=O) groups is 1. The molecule has 0 saturated heterocycles. The second-order valence-electron chi connectivity index (χ2n) is 4.65. The van der Waals surface area contributed by atoms with Crippen molar-refractivity contribution in [3.05, 3.63) is 46.1 Å². The summed E-state index contributed by atoms with van der Waals surface area (Å²) in [6, 6.07) is 8.12. The maximum atomic E-state index is 12.7. The van der Waals surface area contributed by atoms with E-state index in [2.05, 4.69) is 0 Å². The fraction of sp³-hybridized carbons (Fsp3) is 0.125. The zero-order valence-electron chi connectivity index (χ0n) is 11.9. The van der Waals surface area contributed by atoms with Crippen molar-refractivity contribution in [2.24, 2.45) is 0 Å². The third kappa shape index (κ3) is 3.42. The van der Waals surface area contributed by atoms with Crippen LogP contribution in [0.2, 0.25) is 0 Å². The monoisotopic (exact) mass is 374 g/mol. The summed E-state index contributed by atoms with van der Waals surface area (Å²) in [5.41, 5.74) is 0.816. The molecule has 1 N–H and O–H groups in total. The molecule has 1 heterocycles. The number of hydrogen-bond acceptors (Lipinski definition) is 5. The Hall–Kier alpha value is -0.660. The van der Waals surface area contributed by atoms with Crippen molar-refractivity contribution in [3.63, 3.8) is 0 Å². The zero-order chi connectivity index (χ0) is 15.9. The Labute approximate surface area is 170 Å². The molecular formula is C16H14CaO4S2. The molecule has 4 nitrogen and oxygen atoms in total. The summed E-state index contributed by atoms with van der Waals surface area (Å²) in [5.74, 6) is -1.07. The third-order valence-electron chi connectivity index (χ3n) is 3.41. The molecule has 0 radical (unpaired) electrons. The van der Waals surface area contributed by atoms with Gasteiger partial charge in [0, 0.05) is 4.90 Å². The van der Waals surface area contributed by atoms with Crippen LogP contribution in [0.1, 0.15) is 10.4 Å². The number of carboxylic acids is 1. The molecule has 3 rings (SSSR count). The van der Waals surface area contributed by atoms with Crippen molar-refractivity contribution in [1.82, 2.24) is 0 Å². The van der Waals surface area contributed by atoms with Crippen molar-refractivity contribution < 1.29 is 14.3 Å². The molecule has 3 aromatic rings. The van der Waals surface area contributed by atoms with E-state index in [-0.39, 0.29) is 54.1 Å². The van der Waals surface area contributed by atoms with E-state index in [0.29, 0.717) is 16.6 Å². The Morgan fingerprint density at radius 3 is 2.43 bits per heavy atom. The van der Waals surface area contributed by atoms with Gasteiger partial charge in [-0.25, -0.2) is 4.79 Å². The van der Waals surface area contributed by atoms with Crippen LogP contribution in [0.15, 0.2) is 49.3 Å².